The molecule has 1 aliphatic carbocycles. The van der Waals surface area contributed by atoms with Gasteiger partial charge in [0.25, 0.3) is 5.78 Å². The summed E-state index contributed by atoms with van der Waals surface area (Å²) >= 11 is 0. The Hall–Kier alpha value is -2.99. The van der Waals surface area contributed by atoms with Crippen LogP contribution < -0.4 is 21.5 Å². The van der Waals surface area contributed by atoms with E-state index in [1.54, 1.807) is 11.1 Å². The quantitative estimate of drug-likeness (QED) is 0.433. The van der Waals surface area contributed by atoms with E-state index >= 15 is 0 Å². The average Bonchev–Trinajstić information content (AvgIpc) is 3.49. The highest BCUT2D eigenvalue weighted by Gasteiger charge is 2.67. The van der Waals surface area contributed by atoms with Crippen LogP contribution in [0.25, 0.3) is 10.9 Å². The maximum Gasteiger partial charge on any atom is 0.451 e. The molecule has 4 N–H and O–H groups in total. The Morgan fingerprint density at radius 3 is 2.46 bits per heavy atom. The topological polar surface area (TPSA) is 111 Å². The Morgan fingerprint density at radius 1 is 1.11 bits per heavy atom. The van der Waals surface area contributed by atoms with Crippen molar-refractivity contribution in [1.29, 1.82) is 0 Å². The fourth-order valence-electron chi connectivity index (χ4n) is 6.25. The lowest BCUT2D eigenvalue weighted by atomic mass is 9.92. The zero-order valence-corrected chi connectivity index (χ0v) is 20.4. The molecule has 37 heavy (non-hydrogen) atoms. The van der Waals surface area contributed by atoms with Crippen LogP contribution in [0.4, 0.5) is 24.8 Å². The van der Waals surface area contributed by atoms with Crippen LogP contribution in [-0.4, -0.2) is 63.1 Å². The number of hydrogen-bond donors (Lipinski definition) is 4. The van der Waals surface area contributed by atoms with Gasteiger partial charge in [-0.2, -0.15) is 13.2 Å². The molecule has 2 aromatic heterocycles. The third-order valence-electron chi connectivity index (χ3n) is 8.17. The number of anilines is 2. The molecule has 2 bridgehead atoms. The van der Waals surface area contributed by atoms with Crippen LogP contribution in [-0.2, 0) is 9.59 Å². The summed E-state index contributed by atoms with van der Waals surface area (Å²) in [7, 11) is 0. The maximum absolute atomic E-state index is 13.2. The van der Waals surface area contributed by atoms with Crippen molar-refractivity contribution in [3.8, 4) is 0 Å². The third-order valence-corrected chi connectivity index (χ3v) is 8.17. The first-order chi connectivity index (χ1) is 17.6. The second-order valence-corrected chi connectivity index (χ2v) is 10.9. The van der Waals surface area contributed by atoms with Crippen LogP contribution in [0.3, 0.4) is 0 Å². The summed E-state index contributed by atoms with van der Waals surface area (Å²) in [4.78, 5) is 36.2. The number of fused-ring (bicyclic) bond motifs is 3. The van der Waals surface area contributed by atoms with Gasteiger partial charge < -0.3 is 15.5 Å². The number of nitrogens with zero attached hydrogens (tertiary/aromatic N) is 3. The standard InChI is InChI=1S/C25H30F3N7O2/c1-13-9-20(34-33-13)31-19-12-18-17(3-2-8-29-18)21(32-19)30-14-10-15-4-5-16(11-14)35(15)23(37)24(6-7-24)22(36)25(26,27)28/h2-3,8,12-16,20,33-34H,4-7,9-11H2,1H3,(H2,30,31,32)/t13?,14?,15-,16+,20?. The molecular weight excluding hydrogens is 487 g/mol. The second kappa shape index (κ2) is 8.80. The zero-order valence-electron chi connectivity index (χ0n) is 20.4. The van der Waals surface area contributed by atoms with E-state index in [1.807, 2.05) is 18.2 Å². The van der Waals surface area contributed by atoms with Crippen LogP contribution in [0, 0.1) is 5.41 Å². The van der Waals surface area contributed by atoms with Crippen LogP contribution >= 0.6 is 0 Å². The molecule has 1 saturated carbocycles. The molecule has 3 saturated heterocycles. The van der Waals surface area contributed by atoms with Gasteiger partial charge in [0.1, 0.15) is 17.1 Å². The lowest BCUT2D eigenvalue weighted by Crippen LogP contribution is -2.54. The molecule has 4 fully saturated rings. The van der Waals surface area contributed by atoms with Crippen molar-refractivity contribution in [3.05, 3.63) is 24.4 Å². The number of hydrazine groups is 1. The molecule has 12 heteroatoms. The Balaban J connectivity index is 1.20. The summed E-state index contributed by atoms with van der Waals surface area (Å²) in [5.74, 6) is -1.16. The molecule has 4 aliphatic rings. The van der Waals surface area contributed by atoms with Crippen molar-refractivity contribution in [2.24, 2.45) is 5.41 Å². The molecule has 0 aromatic carbocycles. The normalized spacial score (nSPS) is 30.4. The number of carbonyl (C=O) groups excluding carboxylic acids is 2. The minimum atomic E-state index is -4.99. The van der Waals surface area contributed by atoms with E-state index in [0.29, 0.717) is 30.5 Å². The summed E-state index contributed by atoms with van der Waals surface area (Å²) in [6.45, 7) is 2.09. The van der Waals surface area contributed by atoms with E-state index in [9.17, 15) is 22.8 Å². The van der Waals surface area contributed by atoms with Gasteiger partial charge in [-0.3, -0.25) is 20.0 Å². The van der Waals surface area contributed by atoms with Crippen LogP contribution in [0.5, 0.6) is 0 Å². The Labute approximate surface area is 211 Å². The monoisotopic (exact) mass is 517 g/mol. The fraction of sp³-hybridized carbons (Fsp3) is 0.600. The van der Waals surface area contributed by atoms with Crippen molar-refractivity contribution >= 4 is 34.2 Å². The molecule has 0 radical (unpaired) electrons. The van der Waals surface area contributed by atoms with Crippen molar-refractivity contribution in [2.75, 3.05) is 10.6 Å². The molecule has 1 amide bonds. The zero-order chi connectivity index (χ0) is 25.9. The summed E-state index contributed by atoms with van der Waals surface area (Å²) < 4.78 is 39.5. The predicted octanol–water partition coefficient (Wildman–Crippen LogP) is 3.10. The van der Waals surface area contributed by atoms with Gasteiger partial charge in [-0.05, 0) is 64.0 Å². The molecule has 9 nitrogen and oxygen atoms in total. The Bertz CT molecular complexity index is 1220. The predicted molar refractivity (Wildman–Crippen MR) is 130 cm³/mol. The first kappa shape index (κ1) is 24.4. The summed E-state index contributed by atoms with van der Waals surface area (Å²) in [6, 6.07) is 5.65. The third kappa shape index (κ3) is 4.39. The van der Waals surface area contributed by atoms with Crippen molar-refractivity contribution < 1.29 is 22.8 Å². The molecule has 198 valence electrons. The number of carbonyl (C=O) groups is 2. The number of amides is 1. The van der Waals surface area contributed by atoms with Crippen molar-refractivity contribution in [1.82, 2.24) is 25.7 Å². The number of nitrogens with one attached hydrogen (secondary N) is 4. The Kier molecular flexibility index (Phi) is 5.79. The second-order valence-electron chi connectivity index (χ2n) is 10.9. The van der Waals surface area contributed by atoms with Crippen molar-refractivity contribution in [3.63, 3.8) is 0 Å². The number of halogens is 3. The highest BCUT2D eigenvalue weighted by atomic mass is 19.4. The van der Waals surface area contributed by atoms with Gasteiger partial charge in [-0.15, -0.1) is 0 Å². The molecular formula is C25H30F3N7O2. The van der Waals surface area contributed by atoms with Gasteiger partial charge in [0.2, 0.25) is 5.91 Å². The SMILES string of the molecule is CC1CC(Nc2cc3ncccc3c(NC3C[C@H]4CC[C@@H](C3)N4C(=O)C3(C(=O)C(F)(F)F)CC3)n2)NN1. The molecule has 5 heterocycles. The summed E-state index contributed by atoms with van der Waals surface area (Å²) in [5, 5.41) is 7.82. The number of alkyl halides is 3. The summed E-state index contributed by atoms with van der Waals surface area (Å²) in [6.07, 6.45) is 0.233. The van der Waals surface area contributed by atoms with E-state index in [1.165, 1.54) is 0 Å². The number of pyridine rings is 2. The highest BCUT2D eigenvalue weighted by molar-refractivity contribution is 6.11. The number of ketones is 1. The number of aromatic nitrogens is 2. The largest absolute Gasteiger partial charge is 0.451 e. The molecule has 3 unspecified atom stereocenters. The van der Waals surface area contributed by atoms with E-state index in [2.05, 4.69) is 33.4 Å². The first-order valence-corrected chi connectivity index (χ1v) is 12.9. The highest BCUT2D eigenvalue weighted by Crippen LogP contribution is 2.54. The number of hydrogen-bond acceptors (Lipinski definition) is 8. The van der Waals surface area contributed by atoms with Gasteiger partial charge in [-0.1, -0.05) is 0 Å². The van der Waals surface area contributed by atoms with E-state index in [4.69, 9.17) is 4.98 Å². The summed E-state index contributed by atoms with van der Waals surface area (Å²) in [5.41, 5.74) is 5.27. The lowest BCUT2D eigenvalue weighted by Gasteiger charge is -2.41. The molecule has 6 rings (SSSR count). The average molecular weight is 518 g/mol. The van der Waals surface area contributed by atoms with E-state index < -0.39 is 23.3 Å². The molecule has 2 aromatic rings. The number of piperidine rings is 1. The number of rotatable bonds is 6. The van der Waals surface area contributed by atoms with Gasteiger partial charge in [-0.25, -0.2) is 10.4 Å². The van der Waals surface area contributed by atoms with E-state index in [-0.39, 0.29) is 37.1 Å². The Morgan fingerprint density at radius 2 is 1.84 bits per heavy atom. The minimum Gasteiger partial charge on any atom is -0.367 e. The van der Waals surface area contributed by atoms with Crippen LogP contribution in [0.2, 0.25) is 0 Å². The molecule has 5 atom stereocenters. The van der Waals surface area contributed by atoms with Crippen molar-refractivity contribution in [2.45, 2.75) is 88.4 Å². The van der Waals surface area contributed by atoms with Gasteiger partial charge in [0.15, 0.2) is 0 Å². The van der Waals surface area contributed by atoms with Gasteiger partial charge in [0.05, 0.1) is 11.7 Å². The smallest absolute Gasteiger partial charge is 0.367 e. The van der Waals surface area contributed by atoms with Crippen LogP contribution in [0.15, 0.2) is 24.4 Å². The van der Waals surface area contributed by atoms with Crippen LogP contribution in [0.1, 0.15) is 51.9 Å². The molecule has 3 aliphatic heterocycles. The lowest BCUT2D eigenvalue weighted by molar-refractivity contribution is -0.181. The van der Waals surface area contributed by atoms with E-state index in [0.717, 1.165) is 30.2 Å². The minimum absolute atomic E-state index is 0.00697. The molecule has 0 spiro atoms. The fourth-order valence-corrected chi connectivity index (χ4v) is 6.25. The van der Waals surface area contributed by atoms with Gasteiger partial charge in [0, 0.05) is 41.8 Å². The number of Topliss-reactive ketones (excluding diaryl/α,β-unsaturated/α-hetero) is 1. The van der Waals surface area contributed by atoms with Gasteiger partial charge >= 0.3 is 6.18 Å². The maximum atomic E-state index is 13.2. The first-order valence-electron chi connectivity index (χ1n) is 12.9.